The van der Waals surface area contributed by atoms with Gasteiger partial charge >= 0.3 is 5.97 Å². The van der Waals surface area contributed by atoms with Gasteiger partial charge < -0.3 is 10.1 Å². The van der Waals surface area contributed by atoms with E-state index in [1.165, 1.54) is 0 Å². The molecule has 120 valence electrons. The van der Waals surface area contributed by atoms with Crippen molar-refractivity contribution in [2.45, 2.75) is 19.8 Å². The van der Waals surface area contributed by atoms with Crippen molar-refractivity contribution in [1.29, 1.82) is 0 Å². The number of carbonyl (C=O) groups is 2. The molecule has 0 fully saturated rings. The maximum absolute atomic E-state index is 12.0. The van der Waals surface area contributed by atoms with Gasteiger partial charge in [0, 0.05) is 17.1 Å². The third-order valence-electron chi connectivity index (χ3n) is 3.19. The molecule has 0 aliphatic carbocycles. The molecule has 0 saturated heterocycles. The van der Waals surface area contributed by atoms with Crippen molar-refractivity contribution < 1.29 is 14.3 Å². The van der Waals surface area contributed by atoms with Crippen LogP contribution in [0.1, 0.15) is 29.3 Å². The van der Waals surface area contributed by atoms with Crippen LogP contribution >= 0.6 is 11.6 Å². The number of carbonyl (C=O) groups excluding carboxylic acids is 2. The molecular formula is C18H18ClNO3. The van der Waals surface area contributed by atoms with E-state index in [1.807, 2.05) is 18.2 Å². The molecule has 2 aromatic rings. The Hall–Kier alpha value is -2.33. The fraction of sp³-hybridized carbons (Fsp3) is 0.222. The third-order valence-corrected chi connectivity index (χ3v) is 3.42. The summed E-state index contributed by atoms with van der Waals surface area (Å²) in [5, 5.41) is 3.44. The number of esters is 1. The fourth-order valence-electron chi connectivity index (χ4n) is 2.11. The molecule has 0 atom stereocenters. The van der Waals surface area contributed by atoms with Gasteiger partial charge in [-0.25, -0.2) is 4.79 Å². The van der Waals surface area contributed by atoms with E-state index < -0.39 is 5.97 Å². The number of benzene rings is 2. The zero-order valence-corrected chi connectivity index (χ0v) is 13.6. The number of ether oxygens (including phenoxy) is 1. The molecule has 0 saturated carbocycles. The molecule has 0 aliphatic rings. The molecule has 0 aromatic heterocycles. The molecule has 0 bridgehead atoms. The lowest BCUT2D eigenvalue weighted by molar-refractivity contribution is -0.116. The van der Waals surface area contributed by atoms with Gasteiger partial charge in [0.1, 0.15) is 0 Å². The summed E-state index contributed by atoms with van der Waals surface area (Å²) in [4.78, 5) is 23.7. The minimum Gasteiger partial charge on any atom is -0.462 e. The lowest BCUT2D eigenvalue weighted by atomic mass is 10.1. The molecular weight excluding hydrogens is 314 g/mol. The van der Waals surface area contributed by atoms with Crippen LogP contribution in [0.5, 0.6) is 0 Å². The van der Waals surface area contributed by atoms with Gasteiger partial charge in [0.2, 0.25) is 5.91 Å². The van der Waals surface area contributed by atoms with Gasteiger partial charge in [0.05, 0.1) is 12.2 Å². The average Bonchev–Trinajstić information content (AvgIpc) is 2.53. The summed E-state index contributed by atoms with van der Waals surface area (Å²) >= 11 is 5.92. The fourth-order valence-corrected chi connectivity index (χ4v) is 2.33. The van der Waals surface area contributed by atoms with Gasteiger partial charge in [-0.2, -0.15) is 0 Å². The van der Waals surface area contributed by atoms with E-state index in [4.69, 9.17) is 16.3 Å². The zero-order valence-electron chi connectivity index (χ0n) is 12.8. The smallest absolute Gasteiger partial charge is 0.338 e. The van der Waals surface area contributed by atoms with Crippen molar-refractivity contribution in [1.82, 2.24) is 0 Å². The van der Waals surface area contributed by atoms with Crippen molar-refractivity contribution in [3.63, 3.8) is 0 Å². The van der Waals surface area contributed by atoms with Gasteiger partial charge in [0.25, 0.3) is 0 Å². The van der Waals surface area contributed by atoms with E-state index in [0.717, 1.165) is 5.56 Å². The number of anilines is 1. The second kappa shape index (κ2) is 8.34. The van der Waals surface area contributed by atoms with Gasteiger partial charge in [-0.3, -0.25) is 4.79 Å². The number of hydrogen-bond donors (Lipinski definition) is 1. The number of rotatable bonds is 6. The molecule has 0 heterocycles. The Labute approximate surface area is 140 Å². The van der Waals surface area contributed by atoms with E-state index in [0.29, 0.717) is 35.7 Å². The SMILES string of the molecule is CCOC(=O)c1cccc(NC(=O)CCc2cccc(Cl)c2)c1. The number of halogens is 1. The first-order valence-corrected chi connectivity index (χ1v) is 7.77. The lowest BCUT2D eigenvalue weighted by Crippen LogP contribution is -2.13. The largest absolute Gasteiger partial charge is 0.462 e. The Morgan fingerprint density at radius 1 is 1.13 bits per heavy atom. The normalized spacial score (nSPS) is 10.2. The number of aryl methyl sites for hydroxylation is 1. The van der Waals surface area contributed by atoms with Crippen molar-refractivity contribution in [3.8, 4) is 0 Å². The van der Waals surface area contributed by atoms with E-state index >= 15 is 0 Å². The van der Waals surface area contributed by atoms with Crippen LogP contribution in [-0.4, -0.2) is 18.5 Å². The first-order valence-electron chi connectivity index (χ1n) is 7.40. The molecule has 0 spiro atoms. The van der Waals surface area contributed by atoms with Gasteiger partial charge in [-0.05, 0) is 49.2 Å². The lowest BCUT2D eigenvalue weighted by Gasteiger charge is -2.07. The quantitative estimate of drug-likeness (QED) is 0.811. The highest BCUT2D eigenvalue weighted by Gasteiger charge is 2.08. The Morgan fingerprint density at radius 2 is 1.91 bits per heavy atom. The topological polar surface area (TPSA) is 55.4 Å². The summed E-state index contributed by atoms with van der Waals surface area (Å²) in [6, 6.07) is 14.1. The van der Waals surface area contributed by atoms with Crippen LogP contribution in [0.15, 0.2) is 48.5 Å². The van der Waals surface area contributed by atoms with Crippen LogP contribution in [0, 0.1) is 0 Å². The number of hydrogen-bond acceptors (Lipinski definition) is 3. The second-order valence-electron chi connectivity index (χ2n) is 4.98. The monoisotopic (exact) mass is 331 g/mol. The molecule has 1 N–H and O–H groups in total. The minimum absolute atomic E-state index is 0.119. The van der Waals surface area contributed by atoms with Gasteiger partial charge in [0.15, 0.2) is 0 Å². The summed E-state index contributed by atoms with van der Waals surface area (Å²) in [5.41, 5.74) is 2.00. The van der Waals surface area contributed by atoms with Crippen LogP contribution in [0.25, 0.3) is 0 Å². The van der Waals surface area contributed by atoms with Crippen LogP contribution in [0.4, 0.5) is 5.69 Å². The van der Waals surface area contributed by atoms with Crippen molar-refractivity contribution in [2.75, 3.05) is 11.9 Å². The van der Waals surface area contributed by atoms with Gasteiger partial charge in [-0.1, -0.05) is 29.8 Å². The highest BCUT2D eigenvalue weighted by molar-refractivity contribution is 6.30. The molecule has 23 heavy (non-hydrogen) atoms. The number of nitrogens with one attached hydrogen (secondary N) is 1. The average molecular weight is 332 g/mol. The van der Waals surface area contributed by atoms with Crippen LogP contribution < -0.4 is 5.32 Å². The van der Waals surface area contributed by atoms with Crippen molar-refractivity contribution >= 4 is 29.2 Å². The summed E-state index contributed by atoms with van der Waals surface area (Å²) in [7, 11) is 0. The Balaban J connectivity index is 1.92. The maximum atomic E-state index is 12.0. The first kappa shape index (κ1) is 17.0. The zero-order chi connectivity index (χ0) is 16.7. The Morgan fingerprint density at radius 3 is 2.65 bits per heavy atom. The molecule has 5 heteroatoms. The first-order chi connectivity index (χ1) is 11.1. The summed E-state index contributed by atoms with van der Waals surface area (Å²) in [5.74, 6) is -0.520. The molecule has 4 nitrogen and oxygen atoms in total. The number of amides is 1. The molecule has 2 aromatic carbocycles. The van der Waals surface area contributed by atoms with E-state index in [1.54, 1.807) is 37.3 Å². The van der Waals surface area contributed by atoms with E-state index in [9.17, 15) is 9.59 Å². The molecule has 1 amide bonds. The second-order valence-corrected chi connectivity index (χ2v) is 5.42. The van der Waals surface area contributed by atoms with E-state index in [2.05, 4.69) is 5.32 Å². The summed E-state index contributed by atoms with van der Waals surface area (Å²) in [6.45, 7) is 2.06. The van der Waals surface area contributed by atoms with Crippen LogP contribution in [0.2, 0.25) is 5.02 Å². The van der Waals surface area contributed by atoms with Crippen molar-refractivity contribution in [3.05, 3.63) is 64.7 Å². The standard InChI is InChI=1S/C18H18ClNO3/c1-2-23-18(22)14-6-4-8-16(12-14)20-17(21)10-9-13-5-3-7-15(19)11-13/h3-8,11-12H,2,9-10H2,1H3,(H,20,21). The highest BCUT2D eigenvalue weighted by Crippen LogP contribution is 2.14. The minimum atomic E-state index is -0.400. The van der Waals surface area contributed by atoms with Crippen molar-refractivity contribution in [2.24, 2.45) is 0 Å². The third kappa shape index (κ3) is 5.42. The highest BCUT2D eigenvalue weighted by atomic mass is 35.5. The molecule has 0 unspecified atom stereocenters. The molecule has 2 rings (SSSR count). The van der Waals surface area contributed by atoms with Crippen LogP contribution in [0.3, 0.4) is 0 Å². The summed E-state index contributed by atoms with van der Waals surface area (Å²) in [6.07, 6.45) is 0.938. The van der Waals surface area contributed by atoms with Crippen LogP contribution in [-0.2, 0) is 16.0 Å². The molecule has 0 radical (unpaired) electrons. The molecule has 0 aliphatic heterocycles. The predicted molar refractivity (Wildman–Crippen MR) is 90.8 cm³/mol. The Kier molecular flexibility index (Phi) is 6.18. The van der Waals surface area contributed by atoms with E-state index in [-0.39, 0.29) is 5.91 Å². The predicted octanol–water partition coefficient (Wildman–Crippen LogP) is 4.09. The summed E-state index contributed by atoms with van der Waals surface area (Å²) < 4.78 is 4.94. The maximum Gasteiger partial charge on any atom is 0.338 e. The Bertz CT molecular complexity index is 700. The van der Waals surface area contributed by atoms with Gasteiger partial charge in [-0.15, -0.1) is 0 Å².